The molecule has 0 spiro atoms. The second kappa shape index (κ2) is 9.42. The summed E-state index contributed by atoms with van der Waals surface area (Å²) in [6, 6.07) is 7.13. The highest BCUT2D eigenvalue weighted by Gasteiger charge is 2.55. The summed E-state index contributed by atoms with van der Waals surface area (Å²) in [5, 5.41) is 6.72. The van der Waals surface area contributed by atoms with Gasteiger partial charge in [0.2, 0.25) is 5.91 Å². The third-order valence-corrected chi connectivity index (χ3v) is 5.44. The first-order valence-electron chi connectivity index (χ1n) is 9.61. The highest BCUT2D eigenvalue weighted by molar-refractivity contribution is 6.30. The van der Waals surface area contributed by atoms with E-state index in [0.717, 1.165) is 25.7 Å². The molecule has 2 saturated carbocycles. The Balaban J connectivity index is 1.36. The van der Waals surface area contributed by atoms with Gasteiger partial charge in [-0.2, -0.15) is 0 Å². The average Bonchev–Trinajstić information content (AvgIpc) is 3.38. The Kier molecular flexibility index (Phi) is 6.96. The Labute approximate surface area is 164 Å². The van der Waals surface area contributed by atoms with Crippen molar-refractivity contribution >= 4 is 23.4 Å². The van der Waals surface area contributed by atoms with Crippen LogP contribution in [0.2, 0.25) is 5.02 Å². The summed E-state index contributed by atoms with van der Waals surface area (Å²) in [4.78, 5) is 24.2. The zero-order valence-corrected chi connectivity index (χ0v) is 16.3. The molecule has 2 unspecified atom stereocenters. The number of fused-ring (bicyclic) bond motifs is 1. The van der Waals surface area contributed by atoms with Gasteiger partial charge in [0.1, 0.15) is 12.4 Å². The molecule has 4 atom stereocenters. The molecule has 2 aliphatic carbocycles. The number of rotatable bonds is 10. The number of halogens is 1. The number of unbranched alkanes of at least 4 members (excludes halogenated alkanes) is 1. The molecule has 0 radical (unpaired) electrons. The van der Waals surface area contributed by atoms with Crippen molar-refractivity contribution in [3.63, 3.8) is 0 Å². The fraction of sp³-hybridized carbons (Fsp3) is 0.600. The van der Waals surface area contributed by atoms with Crippen molar-refractivity contribution in [1.82, 2.24) is 10.6 Å². The van der Waals surface area contributed by atoms with Crippen molar-refractivity contribution in [3.8, 4) is 5.75 Å². The maximum absolute atomic E-state index is 12.2. The van der Waals surface area contributed by atoms with Gasteiger partial charge in [0.25, 0.3) is 5.91 Å². The molecule has 7 heteroatoms. The van der Waals surface area contributed by atoms with Crippen LogP contribution in [0.1, 0.15) is 32.6 Å². The minimum Gasteiger partial charge on any atom is -0.484 e. The van der Waals surface area contributed by atoms with Crippen LogP contribution in [0.3, 0.4) is 0 Å². The smallest absolute Gasteiger partial charge is 0.258 e. The summed E-state index contributed by atoms with van der Waals surface area (Å²) in [5.74, 6) is 1.32. The average molecular weight is 395 g/mol. The predicted octanol–water partition coefficient (Wildman–Crippen LogP) is 2.54. The van der Waals surface area contributed by atoms with Crippen LogP contribution in [0.4, 0.5) is 0 Å². The topological polar surface area (TPSA) is 76.7 Å². The monoisotopic (exact) mass is 394 g/mol. The number of benzene rings is 1. The van der Waals surface area contributed by atoms with E-state index in [0.29, 0.717) is 29.2 Å². The lowest BCUT2D eigenvalue weighted by Gasteiger charge is -2.19. The Morgan fingerprint density at radius 1 is 1.04 bits per heavy atom. The van der Waals surface area contributed by atoms with Gasteiger partial charge in [0, 0.05) is 23.7 Å². The van der Waals surface area contributed by atoms with E-state index in [-0.39, 0.29) is 37.1 Å². The fourth-order valence-electron chi connectivity index (χ4n) is 3.70. The van der Waals surface area contributed by atoms with E-state index in [1.807, 2.05) is 0 Å². The van der Waals surface area contributed by atoms with Crippen molar-refractivity contribution in [2.24, 2.45) is 11.8 Å². The molecule has 148 valence electrons. The van der Waals surface area contributed by atoms with Gasteiger partial charge in [-0.15, -0.1) is 0 Å². The van der Waals surface area contributed by atoms with Crippen molar-refractivity contribution in [3.05, 3.63) is 29.3 Å². The summed E-state index contributed by atoms with van der Waals surface area (Å²) in [6.45, 7) is 2.79. The molecule has 3 rings (SSSR count). The minimum absolute atomic E-state index is 0.0299. The number of hydrogen-bond acceptors (Lipinski definition) is 4. The van der Waals surface area contributed by atoms with Crippen LogP contribution in [0.15, 0.2) is 24.3 Å². The second-order valence-corrected chi connectivity index (χ2v) is 7.73. The predicted molar refractivity (Wildman–Crippen MR) is 103 cm³/mol. The summed E-state index contributed by atoms with van der Waals surface area (Å²) < 4.78 is 10.8. The fourth-order valence-corrected chi connectivity index (χ4v) is 3.83. The Hall–Kier alpha value is -1.79. The Bertz CT molecular complexity index is 652. The first kappa shape index (κ1) is 20.0. The Morgan fingerprint density at radius 2 is 1.67 bits per heavy atom. The van der Waals surface area contributed by atoms with Crippen LogP contribution in [0, 0.1) is 11.8 Å². The molecule has 1 aromatic carbocycles. The van der Waals surface area contributed by atoms with Gasteiger partial charge >= 0.3 is 0 Å². The zero-order chi connectivity index (χ0) is 19.2. The van der Waals surface area contributed by atoms with Crippen LogP contribution >= 0.6 is 11.6 Å². The highest BCUT2D eigenvalue weighted by atomic mass is 35.5. The van der Waals surface area contributed by atoms with Crippen LogP contribution < -0.4 is 15.4 Å². The van der Waals surface area contributed by atoms with E-state index in [1.165, 1.54) is 0 Å². The zero-order valence-electron chi connectivity index (χ0n) is 15.6. The van der Waals surface area contributed by atoms with Gasteiger partial charge in [0.05, 0.1) is 0 Å². The standard InChI is InChI=1S/C20H27ClN2O4/c1-2-3-8-26-11-19(24)22-17-10-18(16-9-15(16)17)23-20(25)12-27-14-6-4-13(21)5-7-14/h4-7,15-18H,2-3,8-12H2,1H3,(H,22,24)(H,23,25)/t15?,16?,17-,18+/m0/s1. The molecule has 2 N–H and O–H groups in total. The molecule has 2 amide bonds. The summed E-state index contributed by atoms with van der Waals surface area (Å²) >= 11 is 5.83. The molecular formula is C20H27ClN2O4. The van der Waals surface area contributed by atoms with Crippen LogP contribution in [-0.4, -0.2) is 43.7 Å². The van der Waals surface area contributed by atoms with Crippen LogP contribution in [0.5, 0.6) is 5.75 Å². The van der Waals surface area contributed by atoms with E-state index >= 15 is 0 Å². The first-order valence-corrected chi connectivity index (χ1v) is 9.99. The van der Waals surface area contributed by atoms with E-state index in [1.54, 1.807) is 24.3 Å². The van der Waals surface area contributed by atoms with Crippen molar-refractivity contribution in [2.45, 2.75) is 44.7 Å². The Morgan fingerprint density at radius 3 is 2.30 bits per heavy atom. The molecule has 0 aromatic heterocycles. The molecule has 0 heterocycles. The van der Waals surface area contributed by atoms with Gasteiger partial charge in [-0.1, -0.05) is 24.9 Å². The van der Waals surface area contributed by atoms with E-state index in [4.69, 9.17) is 21.1 Å². The van der Waals surface area contributed by atoms with Gasteiger partial charge in [-0.25, -0.2) is 0 Å². The third-order valence-electron chi connectivity index (χ3n) is 5.18. The first-order chi connectivity index (χ1) is 13.1. The summed E-state index contributed by atoms with van der Waals surface area (Å²) in [6.07, 6.45) is 3.83. The van der Waals surface area contributed by atoms with Gasteiger partial charge in [-0.05, 0) is 55.4 Å². The maximum atomic E-state index is 12.2. The molecule has 2 aliphatic rings. The van der Waals surface area contributed by atoms with Crippen molar-refractivity contribution in [2.75, 3.05) is 19.8 Å². The number of hydrogen-bond donors (Lipinski definition) is 2. The van der Waals surface area contributed by atoms with Crippen molar-refractivity contribution in [1.29, 1.82) is 0 Å². The quantitative estimate of drug-likeness (QED) is 0.598. The van der Waals surface area contributed by atoms with E-state index < -0.39 is 0 Å². The number of nitrogens with one attached hydrogen (secondary N) is 2. The van der Waals surface area contributed by atoms with Gasteiger partial charge in [0.15, 0.2) is 6.61 Å². The SMILES string of the molecule is CCCCOCC(=O)N[C@H]1C[C@@H](NC(=O)COc2ccc(Cl)cc2)C2CC21. The number of carbonyl (C=O) groups excluding carboxylic acids is 2. The summed E-state index contributed by atoms with van der Waals surface area (Å²) in [7, 11) is 0. The van der Waals surface area contributed by atoms with Crippen molar-refractivity contribution < 1.29 is 19.1 Å². The highest BCUT2D eigenvalue weighted by Crippen LogP contribution is 2.51. The summed E-state index contributed by atoms with van der Waals surface area (Å²) in [5.41, 5.74) is 0. The largest absolute Gasteiger partial charge is 0.484 e. The van der Waals surface area contributed by atoms with E-state index in [9.17, 15) is 9.59 Å². The third kappa shape index (κ3) is 5.84. The normalized spacial score (nSPS) is 25.6. The number of ether oxygens (including phenoxy) is 2. The lowest BCUT2D eigenvalue weighted by atomic mass is 10.1. The second-order valence-electron chi connectivity index (χ2n) is 7.30. The molecular weight excluding hydrogens is 368 g/mol. The molecule has 0 aliphatic heterocycles. The molecule has 0 saturated heterocycles. The number of amides is 2. The minimum atomic E-state index is -0.143. The van der Waals surface area contributed by atoms with E-state index in [2.05, 4.69) is 17.6 Å². The molecule has 6 nitrogen and oxygen atoms in total. The lowest BCUT2D eigenvalue weighted by Crippen LogP contribution is -2.42. The van der Waals surface area contributed by atoms with Crippen LogP contribution in [0.25, 0.3) is 0 Å². The molecule has 2 fully saturated rings. The van der Waals surface area contributed by atoms with Gasteiger partial charge < -0.3 is 20.1 Å². The molecule has 1 aromatic rings. The number of carbonyl (C=O) groups is 2. The van der Waals surface area contributed by atoms with Crippen LogP contribution in [-0.2, 0) is 14.3 Å². The lowest BCUT2D eigenvalue weighted by molar-refractivity contribution is -0.126. The van der Waals surface area contributed by atoms with Gasteiger partial charge in [-0.3, -0.25) is 9.59 Å². The molecule has 27 heavy (non-hydrogen) atoms. The maximum Gasteiger partial charge on any atom is 0.258 e. The molecule has 0 bridgehead atoms.